The molecule has 2 aromatic heterocycles. The zero-order chi connectivity index (χ0) is 21.0. The molecular formula is C21H25N5O3. The van der Waals surface area contributed by atoms with Gasteiger partial charge in [0.25, 0.3) is 5.91 Å². The highest BCUT2D eigenvalue weighted by Gasteiger charge is 2.23. The lowest BCUT2D eigenvalue weighted by atomic mass is 10.2. The number of rotatable bonds is 7. The maximum atomic E-state index is 13.0. The molecule has 8 nitrogen and oxygen atoms in total. The first-order chi connectivity index (χ1) is 13.9. The maximum Gasteiger partial charge on any atom is 0.272 e. The van der Waals surface area contributed by atoms with Crippen LogP contribution < -0.4 is 15.5 Å². The molecule has 0 aliphatic carbocycles. The molecule has 3 rings (SSSR count). The van der Waals surface area contributed by atoms with Gasteiger partial charge in [-0.2, -0.15) is 0 Å². The number of aromatic nitrogens is 4. The largest absolute Gasteiger partial charge is 0.483 e. The molecule has 1 atom stereocenters. The van der Waals surface area contributed by atoms with Crippen molar-refractivity contribution < 1.29 is 9.53 Å². The SMILES string of the molecule is CC(NC(=O)c1c(OCc2ccccc2)c(=O)ccn1C)c1nncn1C(C)C. The van der Waals surface area contributed by atoms with Crippen molar-refractivity contribution in [3.05, 3.63) is 76.2 Å². The minimum atomic E-state index is -0.418. The van der Waals surface area contributed by atoms with Gasteiger partial charge < -0.3 is 19.2 Å². The summed E-state index contributed by atoms with van der Waals surface area (Å²) in [5.41, 5.74) is 0.723. The lowest BCUT2D eigenvalue weighted by Gasteiger charge is -2.19. The van der Waals surface area contributed by atoms with Crippen LogP contribution in [0.4, 0.5) is 0 Å². The fraction of sp³-hybridized carbons (Fsp3) is 0.333. The summed E-state index contributed by atoms with van der Waals surface area (Å²) in [5.74, 6) is 0.244. The molecule has 8 heteroatoms. The molecule has 29 heavy (non-hydrogen) atoms. The van der Waals surface area contributed by atoms with E-state index in [1.54, 1.807) is 24.1 Å². The number of amides is 1. The molecule has 0 saturated carbocycles. The van der Waals surface area contributed by atoms with Crippen molar-refractivity contribution in [2.75, 3.05) is 0 Å². The lowest BCUT2D eigenvalue weighted by molar-refractivity contribution is 0.0922. The van der Waals surface area contributed by atoms with Gasteiger partial charge in [0.15, 0.2) is 17.3 Å². The summed E-state index contributed by atoms with van der Waals surface area (Å²) in [5, 5.41) is 11.0. The van der Waals surface area contributed by atoms with Gasteiger partial charge in [0.05, 0.1) is 6.04 Å². The first-order valence-corrected chi connectivity index (χ1v) is 9.45. The van der Waals surface area contributed by atoms with E-state index in [9.17, 15) is 9.59 Å². The van der Waals surface area contributed by atoms with Crippen LogP contribution in [-0.2, 0) is 13.7 Å². The Labute approximate surface area is 169 Å². The van der Waals surface area contributed by atoms with Crippen LogP contribution in [0.5, 0.6) is 5.75 Å². The third-order valence-corrected chi connectivity index (χ3v) is 4.57. The average Bonchev–Trinajstić information content (AvgIpc) is 3.19. The summed E-state index contributed by atoms with van der Waals surface area (Å²) in [4.78, 5) is 25.5. The second-order valence-electron chi connectivity index (χ2n) is 7.13. The van der Waals surface area contributed by atoms with E-state index in [1.165, 1.54) is 6.07 Å². The van der Waals surface area contributed by atoms with Crippen LogP contribution in [0.25, 0.3) is 0 Å². The Morgan fingerprint density at radius 2 is 1.90 bits per heavy atom. The number of pyridine rings is 1. The minimum absolute atomic E-state index is 0.0221. The number of nitrogens with one attached hydrogen (secondary N) is 1. The van der Waals surface area contributed by atoms with Gasteiger partial charge in [0.1, 0.15) is 12.9 Å². The van der Waals surface area contributed by atoms with Crippen LogP contribution in [0.2, 0.25) is 0 Å². The standard InChI is InChI=1S/C21H25N5O3/c1-14(2)26-13-22-24-20(26)15(3)23-21(28)18-19(17(27)10-11-25(18)4)29-12-16-8-6-5-7-9-16/h5-11,13-15H,12H2,1-4H3,(H,23,28). The van der Waals surface area contributed by atoms with Crippen molar-refractivity contribution in [3.8, 4) is 5.75 Å². The number of hydrogen-bond acceptors (Lipinski definition) is 5. The number of carbonyl (C=O) groups excluding carboxylic acids is 1. The van der Waals surface area contributed by atoms with E-state index in [-0.39, 0.29) is 29.5 Å². The molecule has 1 aromatic carbocycles. The Hall–Kier alpha value is -3.42. The lowest BCUT2D eigenvalue weighted by Crippen LogP contribution is -2.32. The van der Waals surface area contributed by atoms with Crippen molar-refractivity contribution in [3.63, 3.8) is 0 Å². The fourth-order valence-corrected chi connectivity index (χ4v) is 3.03. The second kappa shape index (κ2) is 8.72. The van der Waals surface area contributed by atoms with Crippen molar-refractivity contribution >= 4 is 5.91 Å². The maximum absolute atomic E-state index is 13.0. The molecule has 1 unspecified atom stereocenters. The highest BCUT2D eigenvalue weighted by Crippen LogP contribution is 2.18. The van der Waals surface area contributed by atoms with E-state index < -0.39 is 11.9 Å². The third kappa shape index (κ3) is 4.53. The molecule has 3 aromatic rings. The van der Waals surface area contributed by atoms with Crippen molar-refractivity contribution in [2.45, 2.75) is 39.5 Å². The summed E-state index contributed by atoms with van der Waals surface area (Å²) in [6.45, 7) is 6.04. The van der Waals surface area contributed by atoms with Crippen LogP contribution in [0.15, 0.2) is 53.7 Å². The summed E-state index contributed by atoms with van der Waals surface area (Å²) < 4.78 is 9.23. The number of nitrogens with zero attached hydrogens (tertiary/aromatic N) is 4. The summed E-state index contributed by atoms with van der Waals surface area (Å²) in [6.07, 6.45) is 3.18. The molecule has 0 radical (unpaired) electrons. The van der Waals surface area contributed by atoms with E-state index in [0.717, 1.165) is 5.56 Å². The van der Waals surface area contributed by atoms with Gasteiger partial charge in [-0.3, -0.25) is 9.59 Å². The van der Waals surface area contributed by atoms with E-state index >= 15 is 0 Å². The van der Waals surface area contributed by atoms with Crippen LogP contribution in [0.3, 0.4) is 0 Å². The third-order valence-electron chi connectivity index (χ3n) is 4.57. The molecule has 152 valence electrons. The molecule has 0 bridgehead atoms. The van der Waals surface area contributed by atoms with Gasteiger partial charge in [-0.05, 0) is 26.3 Å². The topological polar surface area (TPSA) is 91.0 Å². The summed E-state index contributed by atoms with van der Waals surface area (Å²) in [6, 6.07) is 10.6. The Balaban J connectivity index is 1.85. The average molecular weight is 395 g/mol. The monoisotopic (exact) mass is 395 g/mol. The molecule has 2 heterocycles. The van der Waals surface area contributed by atoms with Crippen LogP contribution in [-0.4, -0.2) is 25.2 Å². The molecule has 0 aliphatic rings. The number of carbonyl (C=O) groups is 1. The molecule has 0 fully saturated rings. The molecular weight excluding hydrogens is 370 g/mol. The number of hydrogen-bond donors (Lipinski definition) is 1. The smallest absolute Gasteiger partial charge is 0.272 e. The highest BCUT2D eigenvalue weighted by molar-refractivity contribution is 5.95. The quantitative estimate of drug-likeness (QED) is 0.664. The first kappa shape index (κ1) is 20.3. The Morgan fingerprint density at radius 3 is 2.59 bits per heavy atom. The minimum Gasteiger partial charge on any atom is -0.483 e. The Morgan fingerprint density at radius 1 is 1.17 bits per heavy atom. The van der Waals surface area contributed by atoms with Gasteiger partial charge in [-0.1, -0.05) is 30.3 Å². The fourth-order valence-electron chi connectivity index (χ4n) is 3.03. The Bertz CT molecular complexity index is 1040. The van der Waals surface area contributed by atoms with Gasteiger partial charge in [0.2, 0.25) is 5.43 Å². The molecule has 0 saturated heterocycles. The molecule has 1 N–H and O–H groups in total. The van der Waals surface area contributed by atoms with E-state index in [2.05, 4.69) is 15.5 Å². The van der Waals surface area contributed by atoms with Crippen molar-refractivity contribution in [2.24, 2.45) is 7.05 Å². The number of ether oxygens (including phenoxy) is 1. The van der Waals surface area contributed by atoms with Crippen molar-refractivity contribution in [1.82, 2.24) is 24.6 Å². The summed E-state index contributed by atoms with van der Waals surface area (Å²) in [7, 11) is 1.70. The van der Waals surface area contributed by atoms with Crippen LogP contribution >= 0.6 is 0 Å². The van der Waals surface area contributed by atoms with E-state index in [4.69, 9.17) is 4.74 Å². The van der Waals surface area contributed by atoms with Crippen LogP contribution in [0.1, 0.15) is 54.7 Å². The zero-order valence-corrected chi connectivity index (χ0v) is 17.0. The first-order valence-electron chi connectivity index (χ1n) is 9.45. The Kier molecular flexibility index (Phi) is 6.11. The normalized spacial score (nSPS) is 12.0. The highest BCUT2D eigenvalue weighted by atomic mass is 16.5. The number of benzene rings is 1. The van der Waals surface area contributed by atoms with Crippen molar-refractivity contribution in [1.29, 1.82) is 0 Å². The molecule has 0 spiro atoms. The summed E-state index contributed by atoms with van der Waals surface area (Å²) >= 11 is 0. The predicted octanol–water partition coefficient (Wildman–Crippen LogP) is 2.63. The van der Waals surface area contributed by atoms with E-state index in [0.29, 0.717) is 5.82 Å². The predicted molar refractivity (Wildman–Crippen MR) is 109 cm³/mol. The zero-order valence-electron chi connectivity index (χ0n) is 17.0. The van der Waals surface area contributed by atoms with E-state index in [1.807, 2.05) is 55.7 Å². The molecule has 0 aliphatic heterocycles. The van der Waals surface area contributed by atoms with Gasteiger partial charge >= 0.3 is 0 Å². The van der Waals surface area contributed by atoms with Gasteiger partial charge in [-0.15, -0.1) is 10.2 Å². The molecule has 1 amide bonds. The number of aryl methyl sites for hydroxylation is 1. The van der Waals surface area contributed by atoms with Gasteiger partial charge in [0, 0.05) is 25.4 Å². The van der Waals surface area contributed by atoms with Gasteiger partial charge in [-0.25, -0.2) is 0 Å². The second-order valence-corrected chi connectivity index (χ2v) is 7.13. The van der Waals surface area contributed by atoms with Crippen LogP contribution in [0, 0.1) is 0 Å².